The van der Waals surface area contributed by atoms with Gasteiger partial charge in [-0.15, -0.1) is 0 Å². The van der Waals surface area contributed by atoms with Gasteiger partial charge in [-0.05, 0) is 45.7 Å². The van der Waals surface area contributed by atoms with Crippen LogP contribution >= 0.6 is 0 Å². The molecule has 1 fully saturated rings. The minimum absolute atomic E-state index is 0.196. The van der Waals surface area contributed by atoms with E-state index < -0.39 is 23.4 Å². The molecule has 0 spiro atoms. The number of amides is 3. The number of fused-ring (bicyclic) bond motifs is 1. The Morgan fingerprint density at radius 2 is 1.83 bits per heavy atom. The number of imide groups is 1. The highest BCUT2D eigenvalue weighted by atomic mass is 16.2. The fraction of sp³-hybridized carbons (Fsp3) is 0.389. The summed E-state index contributed by atoms with van der Waals surface area (Å²) in [6.07, 6.45) is 0.937. The number of hydrogen-bond donors (Lipinski definition) is 1. The summed E-state index contributed by atoms with van der Waals surface area (Å²) in [5.74, 6) is -1.22. The van der Waals surface area contributed by atoms with Crippen LogP contribution in [0.1, 0.15) is 54.3 Å². The molecule has 2 aliphatic rings. The molecule has 1 aromatic rings. The fourth-order valence-corrected chi connectivity index (χ4v) is 3.50. The van der Waals surface area contributed by atoms with Crippen LogP contribution in [0.5, 0.6) is 0 Å². The first-order valence-corrected chi connectivity index (χ1v) is 7.93. The van der Waals surface area contributed by atoms with E-state index in [0.717, 1.165) is 4.90 Å². The van der Waals surface area contributed by atoms with Crippen molar-refractivity contribution in [2.45, 2.75) is 45.2 Å². The molecule has 0 radical (unpaired) electrons. The Morgan fingerprint density at radius 1 is 1.17 bits per heavy atom. The second-order valence-corrected chi connectivity index (χ2v) is 7.22. The minimum Gasteiger partial charge on any atom is -0.398 e. The number of hydrogen-bond acceptors (Lipinski definition) is 4. The van der Waals surface area contributed by atoms with Gasteiger partial charge in [0, 0.05) is 16.9 Å². The van der Waals surface area contributed by atoms with E-state index in [1.54, 1.807) is 23.1 Å². The third-order valence-electron chi connectivity index (χ3n) is 4.49. The number of anilines is 1. The topological polar surface area (TPSA) is 83.7 Å². The van der Waals surface area contributed by atoms with E-state index >= 15 is 0 Å². The van der Waals surface area contributed by atoms with Crippen molar-refractivity contribution in [3.05, 3.63) is 41.6 Å². The number of carbonyl (C=O) groups excluding carboxylic acids is 3. The Hall–Kier alpha value is -2.63. The van der Waals surface area contributed by atoms with Gasteiger partial charge in [-0.25, -0.2) is 0 Å². The lowest BCUT2D eigenvalue weighted by Crippen LogP contribution is -2.57. The van der Waals surface area contributed by atoms with Crippen LogP contribution in [-0.4, -0.2) is 39.1 Å². The van der Waals surface area contributed by atoms with Crippen molar-refractivity contribution in [3.63, 3.8) is 0 Å². The van der Waals surface area contributed by atoms with Gasteiger partial charge in [0.25, 0.3) is 17.7 Å². The summed E-state index contributed by atoms with van der Waals surface area (Å²) in [7, 11) is 0. The average molecular weight is 327 g/mol. The molecule has 1 unspecified atom stereocenters. The third kappa shape index (κ3) is 2.21. The zero-order valence-electron chi connectivity index (χ0n) is 14.1. The molecule has 126 valence electrons. The summed E-state index contributed by atoms with van der Waals surface area (Å²) in [6, 6.07) is 3.97. The van der Waals surface area contributed by atoms with Crippen molar-refractivity contribution in [1.29, 1.82) is 0 Å². The summed E-state index contributed by atoms with van der Waals surface area (Å²) >= 11 is 0. The summed E-state index contributed by atoms with van der Waals surface area (Å²) in [5.41, 5.74) is 6.82. The van der Waals surface area contributed by atoms with E-state index in [-0.39, 0.29) is 22.7 Å². The summed E-state index contributed by atoms with van der Waals surface area (Å²) < 4.78 is 0. The second kappa shape index (κ2) is 5.19. The van der Waals surface area contributed by atoms with E-state index in [1.807, 2.05) is 20.8 Å². The first-order valence-electron chi connectivity index (χ1n) is 7.93. The van der Waals surface area contributed by atoms with Gasteiger partial charge in [0.05, 0.1) is 11.1 Å². The Labute approximate surface area is 140 Å². The molecule has 1 aromatic carbocycles. The van der Waals surface area contributed by atoms with Crippen molar-refractivity contribution in [2.75, 3.05) is 5.73 Å². The number of nitrogens with zero attached hydrogens (tertiary/aromatic N) is 2. The molecule has 0 bridgehead atoms. The quantitative estimate of drug-likeness (QED) is 0.633. The maximum absolute atomic E-state index is 13.0. The molecule has 0 aromatic heterocycles. The molecular weight excluding hydrogens is 306 g/mol. The fourth-order valence-electron chi connectivity index (χ4n) is 3.50. The standard InChI is InChI=1S/C18H21N3O3/c1-10-8-9-13(16(23)21(10)18(2,3)4)20-15(22)11-6-5-7-12(19)14(11)17(20)24/h5-7,13H,1,8-9,19H2,2-4H3. The highest BCUT2D eigenvalue weighted by Gasteiger charge is 2.48. The monoisotopic (exact) mass is 327 g/mol. The van der Waals surface area contributed by atoms with Crippen molar-refractivity contribution in [3.8, 4) is 0 Å². The predicted molar refractivity (Wildman–Crippen MR) is 90.1 cm³/mol. The van der Waals surface area contributed by atoms with Crippen LogP contribution in [-0.2, 0) is 4.79 Å². The Kier molecular flexibility index (Phi) is 3.51. The van der Waals surface area contributed by atoms with Crippen LogP contribution in [0, 0.1) is 0 Å². The van der Waals surface area contributed by atoms with E-state index in [2.05, 4.69) is 6.58 Å². The number of piperidine rings is 1. The van der Waals surface area contributed by atoms with E-state index in [9.17, 15) is 14.4 Å². The lowest BCUT2D eigenvalue weighted by Gasteiger charge is -2.44. The van der Waals surface area contributed by atoms with Crippen molar-refractivity contribution in [1.82, 2.24) is 9.80 Å². The molecule has 2 N–H and O–H groups in total. The van der Waals surface area contributed by atoms with Gasteiger partial charge in [-0.2, -0.15) is 0 Å². The smallest absolute Gasteiger partial charge is 0.264 e. The SMILES string of the molecule is C=C1CCC(N2C(=O)c3cccc(N)c3C2=O)C(=O)N1C(C)(C)C. The lowest BCUT2D eigenvalue weighted by atomic mass is 9.94. The van der Waals surface area contributed by atoms with Crippen molar-refractivity contribution < 1.29 is 14.4 Å². The predicted octanol–water partition coefficient (Wildman–Crippen LogP) is 2.17. The highest BCUT2D eigenvalue weighted by Crippen LogP contribution is 2.35. The summed E-state index contributed by atoms with van der Waals surface area (Å²) in [5, 5.41) is 0. The molecule has 3 rings (SSSR count). The van der Waals surface area contributed by atoms with Gasteiger partial charge in [0.2, 0.25) is 0 Å². The average Bonchev–Trinajstić information content (AvgIpc) is 2.71. The summed E-state index contributed by atoms with van der Waals surface area (Å²) in [4.78, 5) is 41.1. The number of benzene rings is 1. The Morgan fingerprint density at radius 3 is 2.42 bits per heavy atom. The van der Waals surface area contributed by atoms with Crippen molar-refractivity contribution in [2.24, 2.45) is 0 Å². The molecule has 0 saturated carbocycles. The van der Waals surface area contributed by atoms with Crippen LogP contribution in [0.25, 0.3) is 0 Å². The largest absolute Gasteiger partial charge is 0.398 e. The van der Waals surface area contributed by atoms with Crippen LogP contribution in [0.3, 0.4) is 0 Å². The van der Waals surface area contributed by atoms with Crippen LogP contribution in [0.15, 0.2) is 30.5 Å². The van der Waals surface area contributed by atoms with Gasteiger partial charge in [-0.1, -0.05) is 12.6 Å². The zero-order chi connectivity index (χ0) is 17.8. The van der Waals surface area contributed by atoms with Crippen molar-refractivity contribution >= 4 is 23.4 Å². The highest BCUT2D eigenvalue weighted by molar-refractivity contribution is 6.25. The van der Waals surface area contributed by atoms with E-state index in [1.165, 1.54) is 0 Å². The minimum atomic E-state index is -0.818. The lowest BCUT2D eigenvalue weighted by molar-refractivity contribution is -0.140. The zero-order valence-corrected chi connectivity index (χ0v) is 14.1. The molecule has 2 heterocycles. The van der Waals surface area contributed by atoms with Gasteiger partial charge in [-0.3, -0.25) is 19.3 Å². The Balaban J connectivity index is 2.00. The number of rotatable bonds is 1. The van der Waals surface area contributed by atoms with Gasteiger partial charge in [0.15, 0.2) is 0 Å². The molecule has 1 atom stereocenters. The first-order chi connectivity index (χ1) is 11.1. The molecule has 0 aliphatic carbocycles. The molecule has 1 saturated heterocycles. The molecule has 6 heteroatoms. The molecule has 2 aliphatic heterocycles. The number of nitrogen functional groups attached to an aromatic ring is 1. The van der Waals surface area contributed by atoms with Crippen LogP contribution in [0.4, 0.5) is 5.69 Å². The van der Waals surface area contributed by atoms with Gasteiger partial charge in [0.1, 0.15) is 6.04 Å². The van der Waals surface area contributed by atoms with Gasteiger partial charge < -0.3 is 10.6 Å². The summed E-state index contributed by atoms with van der Waals surface area (Å²) in [6.45, 7) is 9.67. The molecule has 3 amide bonds. The number of nitrogens with two attached hydrogens (primary N) is 1. The molecule has 6 nitrogen and oxygen atoms in total. The Bertz CT molecular complexity index is 776. The normalized spacial score (nSPS) is 21.5. The van der Waals surface area contributed by atoms with Gasteiger partial charge >= 0.3 is 0 Å². The van der Waals surface area contributed by atoms with E-state index in [4.69, 9.17) is 5.73 Å². The first kappa shape index (κ1) is 16.2. The number of likely N-dealkylation sites (tertiary alicyclic amines) is 1. The molecule has 24 heavy (non-hydrogen) atoms. The maximum Gasteiger partial charge on any atom is 0.264 e. The maximum atomic E-state index is 13.0. The van der Waals surface area contributed by atoms with Crippen LogP contribution in [0.2, 0.25) is 0 Å². The van der Waals surface area contributed by atoms with E-state index in [0.29, 0.717) is 18.5 Å². The third-order valence-corrected chi connectivity index (χ3v) is 4.49. The van der Waals surface area contributed by atoms with Crippen LogP contribution < -0.4 is 5.73 Å². The second-order valence-electron chi connectivity index (χ2n) is 7.22. The molecular formula is C18H21N3O3. The number of carbonyl (C=O) groups is 3. The number of allylic oxidation sites excluding steroid dienone is 1.